The molecule has 1 radical (unpaired) electrons. The molecular weight excluding hydrogens is 530 g/mol. The van der Waals surface area contributed by atoms with E-state index in [2.05, 4.69) is 0 Å². The van der Waals surface area contributed by atoms with Crippen molar-refractivity contribution in [2.45, 2.75) is 0 Å². The van der Waals surface area contributed by atoms with Crippen LogP contribution in [0.5, 0.6) is 0 Å². The van der Waals surface area contributed by atoms with Gasteiger partial charge >= 0.3 is 94.2 Å². The summed E-state index contributed by atoms with van der Waals surface area (Å²) in [5.41, 5.74) is 0. The molecule has 0 aliphatic rings. The van der Waals surface area contributed by atoms with Gasteiger partial charge in [0.1, 0.15) is 0 Å². The van der Waals surface area contributed by atoms with Crippen molar-refractivity contribution in [1.29, 1.82) is 0 Å². The van der Waals surface area contributed by atoms with Crippen molar-refractivity contribution in [1.82, 2.24) is 0 Å². The van der Waals surface area contributed by atoms with Crippen LogP contribution in [0.2, 0.25) is 0 Å². The summed E-state index contributed by atoms with van der Waals surface area (Å²) >= 11 is 0. The van der Waals surface area contributed by atoms with E-state index in [1.165, 1.54) is 0 Å². The van der Waals surface area contributed by atoms with Gasteiger partial charge in [0.25, 0.3) is 0 Å². The zero-order valence-electron chi connectivity index (χ0n) is 6.61. The van der Waals surface area contributed by atoms with Gasteiger partial charge < -0.3 is 45.2 Å². The van der Waals surface area contributed by atoms with Crippen LogP contribution in [-0.2, 0) is 0 Å². The Kier molecular flexibility index (Phi) is 72.7. The fourth-order valence-corrected chi connectivity index (χ4v) is 0. The maximum absolute atomic E-state index is 8.42. The van der Waals surface area contributed by atoms with Gasteiger partial charge in [-0.3, -0.25) is 22.0 Å². The largest absolute Gasteiger partial charge is 3.00 e. The Labute approximate surface area is 159 Å². The molecule has 0 aromatic heterocycles. The van der Waals surface area contributed by atoms with Crippen LogP contribution in [0.4, 0.5) is 0 Å². The molecule has 0 bridgehead atoms. The first-order valence-electron chi connectivity index (χ1n) is 2.12. The Hall–Kier alpha value is 2.93. The second-order valence-electron chi connectivity index (χ2n) is 0.866. The average Bonchev–Trinajstić information content (AvgIpc) is 1.54. The summed E-state index contributed by atoms with van der Waals surface area (Å²) in [6.45, 7) is 0. The molecule has 0 aliphatic carbocycles. The van der Waals surface area contributed by atoms with Crippen molar-refractivity contribution in [3.63, 3.8) is 0 Å². The maximum Gasteiger partial charge on any atom is 3.00 e. The van der Waals surface area contributed by atoms with Gasteiger partial charge in [0.15, 0.2) is 0 Å². The SMILES string of the molecule is [Al+3].[Gd+3].[O-]B([O-])[O-].[O-]B([O-])[O-].[O-]B([O-])[O-].[Tm+3]. The molecule has 0 rings (SSSR count). The Morgan fingerprint density at radius 3 is 0.467 bits per heavy atom. The normalized spacial score (nSPS) is 5.40. The Morgan fingerprint density at radius 1 is 0.467 bits per heavy atom. The third kappa shape index (κ3) is 441. The third-order valence-corrected chi connectivity index (χ3v) is 0. The third-order valence-electron chi connectivity index (χ3n) is 0. The first-order valence-corrected chi connectivity index (χ1v) is 2.12. The second-order valence-corrected chi connectivity index (χ2v) is 0.866. The van der Waals surface area contributed by atoms with Crippen molar-refractivity contribution in [3.8, 4) is 0 Å². The molecule has 9 nitrogen and oxygen atoms in total. The summed E-state index contributed by atoms with van der Waals surface area (Å²) < 4.78 is 0. The minimum absolute atomic E-state index is 0. The molecule has 0 saturated heterocycles. The number of hydrogen-bond donors (Lipinski definition) is 0. The molecule has 0 aromatic carbocycles. The summed E-state index contributed by atoms with van der Waals surface area (Å²) in [7, 11) is -8.75. The average molecular weight is 530 g/mol. The molecule has 0 heterocycles. The second kappa shape index (κ2) is 30.2. The fourth-order valence-electron chi connectivity index (χ4n) is 0. The maximum atomic E-state index is 8.42. The van der Waals surface area contributed by atoms with E-state index in [-0.39, 0.29) is 94.2 Å². The van der Waals surface area contributed by atoms with Gasteiger partial charge in [-0.2, -0.15) is 0 Å². The summed E-state index contributed by atoms with van der Waals surface area (Å²) in [5.74, 6) is 0. The van der Waals surface area contributed by atoms with E-state index in [1.807, 2.05) is 0 Å². The smallest absolute Gasteiger partial charge is 0.907 e. The molecule has 0 atom stereocenters. The molecule has 0 aliphatic heterocycles. The minimum Gasteiger partial charge on any atom is -0.907 e. The number of hydrogen-bond acceptors (Lipinski definition) is 9. The zero-order chi connectivity index (χ0) is 10.7. The van der Waals surface area contributed by atoms with Gasteiger partial charge in [0.2, 0.25) is 0 Å². The van der Waals surface area contributed by atoms with Crippen molar-refractivity contribution in [2.24, 2.45) is 0 Å². The predicted octanol–water partition coefficient (Wildman–Crippen LogP) is -12.2. The van der Waals surface area contributed by atoms with Crippen LogP contribution in [0, 0.1) is 76.8 Å². The standard InChI is InChI=1S/Al.3BO3.Gd.Tm/c;3*2-1(3)4;;/q+3;3*-3;2*+3. The van der Waals surface area contributed by atoms with Crippen LogP contribution in [0.15, 0.2) is 0 Å². The van der Waals surface area contributed by atoms with Crippen LogP contribution in [-0.4, -0.2) is 39.3 Å². The molecule has 15 heavy (non-hydrogen) atoms. The van der Waals surface area contributed by atoms with Crippen molar-refractivity contribution in [2.75, 3.05) is 0 Å². The monoisotopic (exact) mass is 531 g/mol. The fraction of sp³-hybridized carbons (Fsp3) is 0. The molecule has 0 N–H and O–H groups in total. The Balaban J connectivity index is -0.0000000184. The minimum atomic E-state index is -2.92. The first-order chi connectivity index (χ1) is 5.20. The molecule has 0 spiro atoms. The van der Waals surface area contributed by atoms with Crippen LogP contribution in [0.25, 0.3) is 0 Å². The molecule has 87 valence electrons. The van der Waals surface area contributed by atoms with Gasteiger partial charge in [0, 0.05) is 0 Å². The van der Waals surface area contributed by atoms with Crippen molar-refractivity contribution < 1.29 is 122 Å². The molecule has 0 saturated carbocycles. The van der Waals surface area contributed by atoms with Gasteiger partial charge in [-0.15, -0.1) is 0 Å². The summed E-state index contributed by atoms with van der Waals surface area (Å²) in [6.07, 6.45) is 0. The summed E-state index contributed by atoms with van der Waals surface area (Å²) in [5, 5.41) is 75.8. The van der Waals surface area contributed by atoms with Crippen molar-refractivity contribution >= 4 is 39.3 Å². The van der Waals surface area contributed by atoms with Crippen LogP contribution < -0.4 is 45.2 Å². The van der Waals surface area contributed by atoms with E-state index in [9.17, 15) is 0 Å². The van der Waals surface area contributed by atoms with E-state index in [0.29, 0.717) is 0 Å². The van der Waals surface area contributed by atoms with Gasteiger partial charge in [-0.05, 0) is 0 Å². The molecule has 15 heteroatoms. The van der Waals surface area contributed by atoms with Crippen LogP contribution in [0.3, 0.4) is 0 Å². The summed E-state index contributed by atoms with van der Waals surface area (Å²) in [6, 6.07) is 0. The van der Waals surface area contributed by atoms with E-state index >= 15 is 0 Å². The van der Waals surface area contributed by atoms with Gasteiger partial charge in [-0.1, -0.05) is 0 Å². The molecule has 0 aromatic rings. The Bertz CT molecular complexity index is 53.8. The first kappa shape index (κ1) is 36.1. The van der Waals surface area contributed by atoms with E-state index in [0.717, 1.165) is 0 Å². The van der Waals surface area contributed by atoms with Crippen molar-refractivity contribution in [3.05, 3.63) is 0 Å². The number of rotatable bonds is 0. The van der Waals surface area contributed by atoms with Gasteiger partial charge in [-0.25, -0.2) is 0 Å². The van der Waals surface area contributed by atoms with E-state index < -0.39 is 22.0 Å². The molecule has 0 fully saturated rings. The quantitative estimate of drug-likeness (QED) is 0.272. The zero-order valence-corrected chi connectivity index (χ0v) is 11.8. The van der Waals surface area contributed by atoms with E-state index in [1.54, 1.807) is 0 Å². The topological polar surface area (TPSA) is 208 Å². The van der Waals surface area contributed by atoms with Crippen LogP contribution >= 0.6 is 0 Å². The predicted molar refractivity (Wildman–Crippen MR) is 23.0 cm³/mol. The van der Waals surface area contributed by atoms with Gasteiger partial charge in [0.05, 0.1) is 0 Å². The van der Waals surface area contributed by atoms with E-state index in [4.69, 9.17) is 45.2 Å². The molecule has 0 amide bonds. The van der Waals surface area contributed by atoms with Crippen LogP contribution in [0.1, 0.15) is 0 Å². The summed E-state index contributed by atoms with van der Waals surface area (Å²) in [4.78, 5) is 0. The molecular formula is AlB3GdO9Tm. The molecule has 0 unspecified atom stereocenters. The Morgan fingerprint density at radius 2 is 0.467 bits per heavy atom.